The van der Waals surface area contributed by atoms with Crippen LogP contribution in [0.4, 0.5) is 18.9 Å². The number of carbonyl (C=O) groups is 3. The van der Waals surface area contributed by atoms with E-state index in [2.05, 4.69) is 0 Å². The van der Waals surface area contributed by atoms with Crippen LogP contribution in [0.25, 0.3) is 0 Å². The molecule has 3 N–H and O–H groups in total. The first-order chi connectivity index (χ1) is 17.0. The molecule has 0 spiro atoms. The molecular weight excluding hydrogens is 483 g/mol. The smallest absolute Gasteiger partial charge is 0.417 e. The third-order valence-electron chi connectivity index (χ3n) is 5.41. The third-order valence-corrected chi connectivity index (χ3v) is 5.41. The quantitative estimate of drug-likeness (QED) is 0.590. The van der Waals surface area contributed by atoms with Gasteiger partial charge in [0.15, 0.2) is 0 Å². The molecule has 2 aromatic rings. The normalized spacial score (nSPS) is 15.9. The molecule has 0 fully saturated rings. The van der Waals surface area contributed by atoms with E-state index in [1.807, 2.05) is 6.07 Å². The van der Waals surface area contributed by atoms with Crippen molar-refractivity contribution in [3.63, 3.8) is 0 Å². The van der Waals surface area contributed by atoms with E-state index >= 15 is 0 Å². The summed E-state index contributed by atoms with van der Waals surface area (Å²) in [5, 5.41) is 19.7. The largest absolute Gasteiger partial charge is 0.478 e. The van der Waals surface area contributed by atoms with Crippen molar-refractivity contribution in [2.45, 2.75) is 12.1 Å². The number of hydrogen-bond donors (Lipinski definition) is 2. The fourth-order valence-corrected chi connectivity index (χ4v) is 3.95. The SMILES string of the molecule is COC(=O)C1=C(C(=O)OC)N(c2cccc(C(F)(F)F)c2C(=O)O)C(N)=C(C#N)C1c1ccccc1. The van der Waals surface area contributed by atoms with E-state index in [4.69, 9.17) is 15.2 Å². The number of carboxylic acid groups (broad SMARTS) is 1. The highest BCUT2D eigenvalue weighted by Crippen LogP contribution is 2.45. The Morgan fingerprint density at radius 1 is 1.03 bits per heavy atom. The zero-order chi connectivity index (χ0) is 26.8. The van der Waals surface area contributed by atoms with Crippen molar-refractivity contribution >= 4 is 23.6 Å². The summed E-state index contributed by atoms with van der Waals surface area (Å²) in [4.78, 5) is 38.6. The number of carboxylic acids is 1. The molecule has 0 aliphatic carbocycles. The predicted octanol–water partition coefficient (Wildman–Crippen LogP) is 3.30. The minimum atomic E-state index is -5.09. The highest BCUT2D eigenvalue weighted by atomic mass is 19.4. The lowest BCUT2D eigenvalue weighted by atomic mass is 9.80. The van der Waals surface area contributed by atoms with E-state index in [0.717, 1.165) is 26.4 Å². The number of anilines is 1. The van der Waals surface area contributed by atoms with Crippen LogP contribution < -0.4 is 10.6 Å². The first kappa shape index (κ1) is 25.8. The molecule has 186 valence electrons. The van der Waals surface area contributed by atoms with E-state index in [0.29, 0.717) is 16.5 Å². The fraction of sp³-hybridized carbons (Fsp3) is 0.167. The second-order valence-electron chi connectivity index (χ2n) is 7.34. The van der Waals surface area contributed by atoms with Crippen LogP contribution in [0.15, 0.2) is 71.2 Å². The van der Waals surface area contributed by atoms with Gasteiger partial charge in [-0.2, -0.15) is 18.4 Å². The number of alkyl halides is 3. The van der Waals surface area contributed by atoms with Crippen LogP contribution in [0, 0.1) is 11.3 Å². The van der Waals surface area contributed by atoms with Gasteiger partial charge in [0, 0.05) is 0 Å². The van der Waals surface area contributed by atoms with Crippen molar-refractivity contribution in [2.75, 3.05) is 19.1 Å². The summed E-state index contributed by atoms with van der Waals surface area (Å²) in [6.07, 6.45) is -5.09. The van der Waals surface area contributed by atoms with E-state index in [9.17, 15) is 37.9 Å². The van der Waals surface area contributed by atoms with Gasteiger partial charge >= 0.3 is 24.1 Å². The molecule has 0 radical (unpaired) electrons. The number of hydrogen-bond acceptors (Lipinski definition) is 8. The highest BCUT2D eigenvalue weighted by molar-refractivity contribution is 6.08. The highest BCUT2D eigenvalue weighted by Gasteiger charge is 2.45. The second-order valence-corrected chi connectivity index (χ2v) is 7.34. The van der Waals surface area contributed by atoms with Gasteiger partial charge in [0.1, 0.15) is 11.5 Å². The number of halogens is 3. The van der Waals surface area contributed by atoms with Gasteiger partial charge in [0.05, 0.1) is 54.2 Å². The number of nitrogens with two attached hydrogens (primary N) is 1. The van der Waals surface area contributed by atoms with Gasteiger partial charge in [-0.05, 0) is 17.7 Å². The molecule has 36 heavy (non-hydrogen) atoms. The summed E-state index contributed by atoms with van der Waals surface area (Å²) in [7, 11) is 1.95. The first-order valence-electron chi connectivity index (χ1n) is 10.1. The number of nitrogens with zero attached hydrogens (tertiary/aromatic N) is 2. The Morgan fingerprint density at radius 3 is 2.14 bits per heavy atom. The summed E-state index contributed by atoms with van der Waals surface area (Å²) in [6.45, 7) is 0. The molecule has 0 aromatic heterocycles. The minimum Gasteiger partial charge on any atom is -0.478 e. The molecule has 0 amide bonds. The van der Waals surface area contributed by atoms with E-state index in [1.54, 1.807) is 18.2 Å². The van der Waals surface area contributed by atoms with E-state index < -0.39 is 63.9 Å². The number of rotatable bonds is 5. The maximum Gasteiger partial charge on any atom is 0.417 e. The van der Waals surface area contributed by atoms with E-state index in [-0.39, 0.29) is 5.57 Å². The van der Waals surface area contributed by atoms with Gasteiger partial charge in [0.25, 0.3) is 0 Å². The number of aromatic carboxylic acids is 1. The molecule has 1 atom stereocenters. The van der Waals surface area contributed by atoms with Crippen molar-refractivity contribution in [1.29, 1.82) is 5.26 Å². The van der Waals surface area contributed by atoms with E-state index in [1.165, 1.54) is 12.1 Å². The molecule has 1 aliphatic heterocycles. The molecular formula is C24H18F3N3O6. The Kier molecular flexibility index (Phi) is 7.05. The van der Waals surface area contributed by atoms with Crippen LogP contribution in [0.1, 0.15) is 27.4 Å². The second kappa shape index (κ2) is 9.83. The Labute approximate surface area is 202 Å². The van der Waals surface area contributed by atoms with Gasteiger partial charge in [0.2, 0.25) is 0 Å². The summed E-state index contributed by atoms with van der Waals surface area (Å²) in [5.74, 6) is -6.17. The van der Waals surface area contributed by atoms with Crippen LogP contribution in [0.2, 0.25) is 0 Å². The van der Waals surface area contributed by atoms with Crippen molar-refractivity contribution in [1.82, 2.24) is 0 Å². The van der Waals surface area contributed by atoms with Crippen LogP contribution in [-0.2, 0) is 25.2 Å². The minimum absolute atomic E-state index is 0.331. The number of carbonyl (C=O) groups excluding carboxylic acids is 2. The molecule has 1 aliphatic rings. The maximum absolute atomic E-state index is 13.7. The summed E-state index contributed by atoms with van der Waals surface area (Å²) in [5.41, 5.74) is 1.55. The predicted molar refractivity (Wildman–Crippen MR) is 118 cm³/mol. The number of methoxy groups -OCH3 is 2. The van der Waals surface area contributed by atoms with Crippen LogP contribution >= 0.6 is 0 Å². The summed E-state index contributed by atoms with van der Waals surface area (Å²) < 4.78 is 50.7. The molecule has 0 saturated heterocycles. The zero-order valence-corrected chi connectivity index (χ0v) is 18.8. The first-order valence-corrected chi connectivity index (χ1v) is 10.1. The molecule has 12 heteroatoms. The lowest BCUT2D eigenvalue weighted by molar-refractivity contribution is -0.139. The van der Waals surface area contributed by atoms with Gasteiger partial charge in [-0.3, -0.25) is 4.90 Å². The molecule has 1 unspecified atom stereocenters. The maximum atomic E-state index is 13.7. The summed E-state index contributed by atoms with van der Waals surface area (Å²) >= 11 is 0. The molecule has 0 bridgehead atoms. The standard InChI is InChI=1S/C24H18F3N3O6/c1-35-22(33)18-16(12-7-4-3-5-8-12)13(11-28)20(29)30(19(18)23(34)36-2)15-10-6-9-14(24(25,26)27)17(15)21(31)32/h3-10,16H,29H2,1-2H3,(H,31,32). The van der Waals surface area contributed by atoms with Crippen LogP contribution in [0.3, 0.4) is 0 Å². The van der Waals surface area contributed by atoms with Gasteiger partial charge in [-0.15, -0.1) is 0 Å². The van der Waals surface area contributed by atoms with Crippen LogP contribution in [-0.4, -0.2) is 37.2 Å². The Morgan fingerprint density at radius 2 is 1.64 bits per heavy atom. The number of nitriles is 1. The van der Waals surface area contributed by atoms with Gasteiger partial charge < -0.3 is 20.3 Å². The molecule has 0 saturated carbocycles. The monoisotopic (exact) mass is 501 g/mol. The average Bonchev–Trinajstić information content (AvgIpc) is 2.86. The third kappa shape index (κ3) is 4.34. The Hall–Kier alpha value is -4.79. The Balaban J connectivity index is 2.53. The molecule has 1 heterocycles. The van der Waals surface area contributed by atoms with Crippen molar-refractivity contribution in [3.05, 3.63) is 87.9 Å². The molecule has 3 rings (SSSR count). The Bertz CT molecular complexity index is 1340. The van der Waals surface area contributed by atoms with Gasteiger partial charge in [-0.1, -0.05) is 36.4 Å². The molecule has 2 aromatic carbocycles. The van der Waals surface area contributed by atoms with Crippen molar-refractivity contribution < 1.29 is 42.1 Å². The van der Waals surface area contributed by atoms with Crippen molar-refractivity contribution in [3.8, 4) is 6.07 Å². The number of benzene rings is 2. The lowest BCUT2D eigenvalue weighted by Crippen LogP contribution is -2.41. The van der Waals surface area contributed by atoms with Gasteiger partial charge in [-0.25, -0.2) is 14.4 Å². The average molecular weight is 501 g/mol. The van der Waals surface area contributed by atoms with Crippen molar-refractivity contribution in [2.24, 2.45) is 5.73 Å². The molecule has 9 nitrogen and oxygen atoms in total. The fourth-order valence-electron chi connectivity index (χ4n) is 3.95. The zero-order valence-electron chi connectivity index (χ0n) is 18.8. The summed E-state index contributed by atoms with van der Waals surface area (Å²) in [6, 6.07) is 12.1. The van der Waals surface area contributed by atoms with Crippen LogP contribution in [0.5, 0.6) is 0 Å². The number of allylic oxidation sites excluding steroid dienone is 1. The lowest BCUT2D eigenvalue weighted by Gasteiger charge is -2.36. The topological polar surface area (TPSA) is 143 Å². The number of esters is 2. The number of ether oxygens (including phenoxy) is 2.